The Hall–Kier alpha value is -1.49. The van der Waals surface area contributed by atoms with E-state index >= 15 is 0 Å². The van der Waals surface area contributed by atoms with Crippen molar-refractivity contribution in [2.75, 3.05) is 0 Å². The van der Waals surface area contributed by atoms with Gasteiger partial charge in [-0.2, -0.15) is 0 Å². The molecule has 0 radical (unpaired) electrons. The largest absolute Gasteiger partial charge is 0.573 e. The van der Waals surface area contributed by atoms with Crippen LogP contribution in [-0.4, -0.2) is 6.36 Å². The van der Waals surface area contributed by atoms with Crippen molar-refractivity contribution in [2.45, 2.75) is 18.8 Å². The van der Waals surface area contributed by atoms with Gasteiger partial charge in [0.15, 0.2) is 0 Å². The zero-order chi connectivity index (χ0) is 12.2. The van der Waals surface area contributed by atoms with E-state index in [1.165, 1.54) is 24.3 Å². The molecule has 2 nitrogen and oxygen atoms in total. The van der Waals surface area contributed by atoms with Crippen molar-refractivity contribution in [1.82, 2.24) is 0 Å². The van der Waals surface area contributed by atoms with Gasteiger partial charge in [0, 0.05) is 6.04 Å². The highest BCUT2D eigenvalue weighted by Gasteiger charge is 2.30. The standard InChI is InChI=1S/C11H12F3NO/c1-2-3-10(15)8-4-6-9(7-5-8)16-11(12,13)14/h2,4-7,10H,1,3,15H2/t10-/m1/s1. The van der Waals surface area contributed by atoms with E-state index in [1.54, 1.807) is 6.08 Å². The third-order valence-electron chi connectivity index (χ3n) is 1.96. The first kappa shape index (κ1) is 12.6. The van der Waals surface area contributed by atoms with Gasteiger partial charge in [-0.25, -0.2) is 0 Å². The minimum Gasteiger partial charge on any atom is -0.406 e. The summed E-state index contributed by atoms with van der Waals surface area (Å²) in [5.41, 5.74) is 6.49. The second-order valence-electron chi connectivity index (χ2n) is 3.25. The molecular formula is C11H12F3NO. The maximum absolute atomic E-state index is 11.9. The topological polar surface area (TPSA) is 35.2 Å². The SMILES string of the molecule is C=CC[C@@H](N)c1ccc(OC(F)(F)F)cc1. The molecule has 1 aromatic carbocycles. The Morgan fingerprint density at radius 1 is 1.31 bits per heavy atom. The fourth-order valence-electron chi connectivity index (χ4n) is 1.23. The summed E-state index contributed by atoms with van der Waals surface area (Å²) in [5, 5.41) is 0. The number of hydrogen-bond donors (Lipinski definition) is 1. The molecule has 0 heterocycles. The molecule has 0 saturated carbocycles. The van der Waals surface area contributed by atoms with Crippen LogP contribution in [0.15, 0.2) is 36.9 Å². The van der Waals surface area contributed by atoms with E-state index in [0.717, 1.165) is 5.56 Å². The minimum absolute atomic E-state index is 0.248. The van der Waals surface area contributed by atoms with Crippen molar-refractivity contribution >= 4 is 0 Å². The number of alkyl halides is 3. The molecule has 0 saturated heterocycles. The third-order valence-corrected chi connectivity index (χ3v) is 1.96. The maximum atomic E-state index is 11.9. The Morgan fingerprint density at radius 3 is 2.31 bits per heavy atom. The van der Waals surface area contributed by atoms with E-state index in [-0.39, 0.29) is 11.8 Å². The highest BCUT2D eigenvalue weighted by molar-refractivity contribution is 5.29. The molecule has 0 fully saturated rings. The van der Waals surface area contributed by atoms with E-state index in [1.807, 2.05) is 0 Å². The van der Waals surface area contributed by atoms with Crippen molar-refractivity contribution in [3.8, 4) is 5.75 Å². The van der Waals surface area contributed by atoms with Crippen LogP contribution in [0.2, 0.25) is 0 Å². The number of benzene rings is 1. The van der Waals surface area contributed by atoms with E-state index in [0.29, 0.717) is 6.42 Å². The van der Waals surface area contributed by atoms with Gasteiger partial charge in [0.25, 0.3) is 0 Å². The van der Waals surface area contributed by atoms with Gasteiger partial charge >= 0.3 is 6.36 Å². The summed E-state index contributed by atoms with van der Waals surface area (Å²) >= 11 is 0. The Kier molecular flexibility index (Phi) is 3.95. The lowest BCUT2D eigenvalue weighted by atomic mass is 10.1. The lowest BCUT2D eigenvalue weighted by Gasteiger charge is -2.12. The quantitative estimate of drug-likeness (QED) is 0.808. The molecule has 5 heteroatoms. The molecule has 0 aliphatic heterocycles. The van der Waals surface area contributed by atoms with Crippen LogP contribution in [0.4, 0.5) is 13.2 Å². The molecule has 88 valence electrons. The summed E-state index contributed by atoms with van der Waals surface area (Å²) in [6.45, 7) is 3.54. The molecule has 1 atom stereocenters. The van der Waals surface area contributed by atoms with Crippen LogP contribution in [0.5, 0.6) is 5.75 Å². The van der Waals surface area contributed by atoms with Crippen LogP contribution in [0.1, 0.15) is 18.0 Å². The predicted molar refractivity (Wildman–Crippen MR) is 54.9 cm³/mol. The molecule has 2 N–H and O–H groups in total. The van der Waals surface area contributed by atoms with Crippen molar-refractivity contribution in [1.29, 1.82) is 0 Å². The van der Waals surface area contributed by atoms with Gasteiger partial charge < -0.3 is 10.5 Å². The van der Waals surface area contributed by atoms with Crippen molar-refractivity contribution in [3.05, 3.63) is 42.5 Å². The zero-order valence-electron chi connectivity index (χ0n) is 8.50. The number of ether oxygens (including phenoxy) is 1. The minimum atomic E-state index is -4.66. The first-order valence-electron chi connectivity index (χ1n) is 4.64. The van der Waals surface area contributed by atoms with E-state index in [9.17, 15) is 13.2 Å². The van der Waals surface area contributed by atoms with Crippen LogP contribution in [0.3, 0.4) is 0 Å². The molecule has 16 heavy (non-hydrogen) atoms. The maximum Gasteiger partial charge on any atom is 0.573 e. The zero-order valence-corrected chi connectivity index (χ0v) is 8.50. The van der Waals surface area contributed by atoms with Gasteiger partial charge in [0.2, 0.25) is 0 Å². The first-order valence-corrected chi connectivity index (χ1v) is 4.64. The predicted octanol–water partition coefficient (Wildman–Crippen LogP) is 3.16. The highest BCUT2D eigenvalue weighted by Crippen LogP contribution is 2.24. The Morgan fingerprint density at radius 2 is 1.88 bits per heavy atom. The average Bonchev–Trinajstić information content (AvgIpc) is 2.16. The normalized spacial score (nSPS) is 13.2. The van der Waals surface area contributed by atoms with Crippen molar-refractivity contribution in [2.24, 2.45) is 5.73 Å². The van der Waals surface area contributed by atoms with Crippen molar-refractivity contribution in [3.63, 3.8) is 0 Å². The fourth-order valence-corrected chi connectivity index (χ4v) is 1.23. The Balaban J connectivity index is 2.71. The van der Waals surface area contributed by atoms with Gasteiger partial charge in [-0.05, 0) is 24.1 Å². The highest BCUT2D eigenvalue weighted by atomic mass is 19.4. The van der Waals surface area contributed by atoms with Crippen LogP contribution in [-0.2, 0) is 0 Å². The average molecular weight is 231 g/mol. The lowest BCUT2D eigenvalue weighted by molar-refractivity contribution is -0.274. The van der Waals surface area contributed by atoms with Crippen LogP contribution < -0.4 is 10.5 Å². The molecule has 1 rings (SSSR count). The summed E-state index contributed by atoms with van der Waals surface area (Å²) in [5.74, 6) is -0.248. The van der Waals surface area contributed by atoms with Crippen molar-refractivity contribution < 1.29 is 17.9 Å². The van der Waals surface area contributed by atoms with Gasteiger partial charge in [0.05, 0.1) is 0 Å². The van der Waals surface area contributed by atoms with Gasteiger partial charge in [-0.1, -0.05) is 18.2 Å². The second kappa shape index (κ2) is 5.03. The first-order chi connectivity index (χ1) is 7.42. The number of halogens is 3. The molecule has 0 bridgehead atoms. The Labute approximate surface area is 91.5 Å². The fraction of sp³-hybridized carbons (Fsp3) is 0.273. The van der Waals surface area contributed by atoms with E-state index in [4.69, 9.17) is 5.73 Å². The summed E-state index contributed by atoms with van der Waals surface area (Å²) in [6.07, 6.45) is -2.44. The van der Waals surface area contributed by atoms with Crippen LogP contribution in [0.25, 0.3) is 0 Å². The number of rotatable bonds is 4. The molecule has 0 aromatic heterocycles. The van der Waals surface area contributed by atoms with Gasteiger partial charge in [0.1, 0.15) is 5.75 Å². The Bertz CT molecular complexity index is 345. The molecule has 1 aromatic rings. The summed E-state index contributed by atoms with van der Waals surface area (Å²) in [7, 11) is 0. The van der Waals surface area contributed by atoms with Crippen LogP contribution in [0, 0.1) is 0 Å². The third kappa shape index (κ3) is 3.94. The van der Waals surface area contributed by atoms with Gasteiger partial charge in [-0.3, -0.25) is 0 Å². The summed E-state index contributed by atoms with van der Waals surface area (Å²) < 4.78 is 39.3. The van der Waals surface area contributed by atoms with E-state index in [2.05, 4.69) is 11.3 Å². The van der Waals surface area contributed by atoms with Crippen LogP contribution >= 0.6 is 0 Å². The molecule has 0 amide bonds. The molecular weight excluding hydrogens is 219 g/mol. The summed E-state index contributed by atoms with van der Waals surface area (Å²) in [6, 6.07) is 5.25. The van der Waals surface area contributed by atoms with E-state index < -0.39 is 6.36 Å². The summed E-state index contributed by atoms with van der Waals surface area (Å²) in [4.78, 5) is 0. The monoisotopic (exact) mass is 231 g/mol. The number of hydrogen-bond acceptors (Lipinski definition) is 2. The number of nitrogens with two attached hydrogens (primary N) is 1. The smallest absolute Gasteiger partial charge is 0.406 e. The van der Waals surface area contributed by atoms with Gasteiger partial charge in [-0.15, -0.1) is 19.8 Å². The second-order valence-corrected chi connectivity index (χ2v) is 3.25. The molecule has 0 unspecified atom stereocenters. The molecule has 0 spiro atoms. The lowest BCUT2D eigenvalue weighted by Crippen LogP contribution is -2.17. The molecule has 0 aliphatic rings. The molecule has 0 aliphatic carbocycles.